The van der Waals surface area contributed by atoms with E-state index in [2.05, 4.69) is 15.6 Å². The summed E-state index contributed by atoms with van der Waals surface area (Å²) in [5.74, 6) is 1.36. The lowest BCUT2D eigenvalue weighted by Gasteiger charge is -2.16. The molecule has 22 heavy (non-hydrogen) atoms. The number of halogens is 3. The average molecular weight is 315 g/mol. The van der Waals surface area contributed by atoms with E-state index in [0.717, 1.165) is 12.6 Å². The molecule has 1 aliphatic carbocycles. The van der Waals surface area contributed by atoms with Crippen molar-refractivity contribution < 1.29 is 17.9 Å². The van der Waals surface area contributed by atoms with E-state index in [-0.39, 0.29) is 17.9 Å². The van der Waals surface area contributed by atoms with Crippen molar-refractivity contribution in [1.82, 2.24) is 10.6 Å². The molecule has 1 fully saturated rings. The smallest absolute Gasteiger partial charge is 0.416 e. The minimum atomic E-state index is -4.42. The molecule has 0 atom stereocenters. The molecular weight excluding hydrogens is 295 g/mol. The number of benzene rings is 1. The molecule has 4 nitrogen and oxygen atoms in total. The van der Waals surface area contributed by atoms with Crippen LogP contribution >= 0.6 is 0 Å². The first-order valence-corrected chi connectivity index (χ1v) is 7.12. The predicted molar refractivity (Wildman–Crippen MR) is 78.9 cm³/mol. The second-order valence-corrected chi connectivity index (χ2v) is 5.27. The summed E-state index contributed by atoms with van der Waals surface area (Å²) in [7, 11) is 2.94. The lowest BCUT2D eigenvalue weighted by atomic mass is 10.1. The number of ether oxygens (including phenoxy) is 1. The minimum absolute atomic E-state index is 0.0448. The van der Waals surface area contributed by atoms with Gasteiger partial charge in [0.2, 0.25) is 0 Å². The molecule has 0 radical (unpaired) electrons. The van der Waals surface area contributed by atoms with Gasteiger partial charge in [0.05, 0.1) is 12.7 Å². The molecule has 1 saturated carbocycles. The van der Waals surface area contributed by atoms with E-state index < -0.39 is 11.7 Å². The molecule has 1 aliphatic rings. The van der Waals surface area contributed by atoms with Gasteiger partial charge >= 0.3 is 6.18 Å². The largest absolute Gasteiger partial charge is 0.497 e. The maximum atomic E-state index is 13.1. The molecule has 2 rings (SSSR count). The molecule has 0 aliphatic heterocycles. The highest BCUT2D eigenvalue weighted by atomic mass is 19.4. The molecule has 0 spiro atoms. The standard InChI is InChI=1S/C15H20F3N3O/c1-19-14(20-8-10-3-4-10)21-9-11-5-6-12(22-2)7-13(11)15(16,17)18/h5-7,10H,3-4,8-9H2,1-2H3,(H2,19,20,21). The van der Waals surface area contributed by atoms with Crippen LogP contribution in [0.5, 0.6) is 5.75 Å². The maximum absolute atomic E-state index is 13.1. The van der Waals surface area contributed by atoms with E-state index in [4.69, 9.17) is 4.74 Å². The number of alkyl halides is 3. The first-order valence-electron chi connectivity index (χ1n) is 7.12. The molecule has 0 unspecified atom stereocenters. The van der Waals surface area contributed by atoms with Crippen LogP contribution in [0, 0.1) is 5.92 Å². The van der Waals surface area contributed by atoms with Crippen molar-refractivity contribution in [2.75, 3.05) is 20.7 Å². The zero-order chi connectivity index (χ0) is 16.2. The van der Waals surface area contributed by atoms with Crippen molar-refractivity contribution in [3.63, 3.8) is 0 Å². The Morgan fingerprint density at radius 2 is 2.05 bits per heavy atom. The Labute approximate surface area is 127 Å². The van der Waals surface area contributed by atoms with Gasteiger partial charge < -0.3 is 15.4 Å². The fourth-order valence-corrected chi connectivity index (χ4v) is 2.06. The zero-order valence-corrected chi connectivity index (χ0v) is 12.6. The van der Waals surface area contributed by atoms with Gasteiger partial charge in [-0.25, -0.2) is 0 Å². The van der Waals surface area contributed by atoms with Crippen molar-refractivity contribution in [3.05, 3.63) is 29.3 Å². The van der Waals surface area contributed by atoms with Gasteiger partial charge in [0, 0.05) is 20.1 Å². The second-order valence-electron chi connectivity index (χ2n) is 5.27. The molecule has 1 aromatic rings. The molecule has 0 aromatic heterocycles. The Bertz CT molecular complexity index is 539. The maximum Gasteiger partial charge on any atom is 0.416 e. The van der Waals surface area contributed by atoms with Crippen molar-refractivity contribution >= 4 is 5.96 Å². The topological polar surface area (TPSA) is 45.7 Å². The first-order chi connectivity index (χ1) is 10.4. The van der Waals surface area contributed by atoms with Crippen LogP contribution in [-0.4, -0.2) is 26.7 Å². The molecule has 1 aromatic carbocycles. The molecule has 2 N–H and O–H groups in total. The van der Waals surface area contributed by atoms with E-state index in [1.54, 1.807) is 7.05 Å². The van der Waals surface area contributed by atoms with Gasteiger partial charge in [0.15, 0.2) is 5.96 Å². The number of hydrogen-bond donors (Lipinski definition) is 2. The average Bonchev–Trinajstić information content (AvgIpc) is 3.30. The van der Waals surface area contributed by atoms with Gasteiger partial charge in [0.25, 0.3) is 0 Å². The Kier molecular flexibility index (Phi) is 5.15. The van der Waals surface area contributed by atoms with E-state index in [0.29, 0.717) is 11.9 Å². The van der Waals surface area contributed by atoms with Crippen LogP contribution in [0.3, 0.4) is 0 Å². The fourth-order valence-electron chi connectivity index (χ4n) is 2.06. The number of nitrogens with one attached hydrogen (secondary N) is 2. The van der Waals surface area contributed by atoms with E-state index >= 15 is 0 Å². The lowest BCUT2D eigenvalue weighted by Crippen LogP contribution is -2.38. The first kappa shape index (κ1) is 16.5. The van der Waals surface area contributed by atoms with Crippen LogP contribution in [0.4, 0.5) is 13.2 Å². The Hall–Kier alpha value is -1.92. The summed E-state index contributed by atoms with van der Waals surface area (Å²) in [5.41, 5.74) is -0.542. The van der Waals surface area contributed by atoms with Gasteiger partial charge in [-0.05, 0) is 36.5 Å². The predicted octanol–water partition coefficient (Wildman–Crippen LogP) is 2.79. The third-order valence-electron chi connectivity index (χ3n) is 3.55. The van der Waals surface area contributed by atoms with Crippen LogP contribution in [-0.2, 0) is 12.7 Å². The summed E-state index contributed by atoms with van der Waals surface area (Å²) in [4.78, 5) is 4.02. The van der Waals surface area contributed by atoms with Gasteiger partial charge in [-0.15, -0.1) is 0 Å². The SMILES string of the molecule is CN=C(NCc1ccc(OC)cc1C(F)(F)F)NCC1CC1. The Morgan fingerprint density at radius 1 is 1.32 bits per heavy atom. The normalized spacial score (nSPS) is 15.6. The van der Waals surface area contributed by atoms with Gasteiger partial charge in [-0.1, -0.05) is 6.07 Å². The van der Waals surface area contributed by atoms with E-state index in [1.165, 1.54) is 32.1 Å². The van der Waals surface area contributed by atoms with Crippen molar-refractivity contribution in [1.29, 1.82) is 0 Å². The molecule has 7 heteroatoms. The van der Waals surface area contributed by atoms with Crippen LogP contribution < -0.4 is 15.4 Å². The van der Waals surface area contributed by atoms with Crippen LogP contribution in [0.25, 0.3) is 0 Å². The number of aliphatic imine (C=N–C) groups is 1. The van der Waals surface area contributed by atoms with Crippen molar-refractivity contribution in [3.8, 4) is 5.75 Å². The van der Waals surface area contributed by atoms with Crippen molar-refractivity contribution in [2.45, 2.75) is 25.6 Å². The van der Waals surface area contributed by atoms with Gasteiger partial charge in [-0.3, -0.25) is 4.99 Å². The molecule has 0 bridgehead atoms. The minimum Gasteiger partial charge on any atom is -0.497 e. The van der Waals surface area contributed by atoms with Crippen LogP contribution in [0.2, 0.25) is 0 Å². The molecule has 0 amide bonds. The summed E-state index contributed by atoms with van der Waals surface area (Å²) >= 11 is 0. The van der Waals surface area contributed by atoms with E-state index in [9.17, 15) is 13.2 Å². The second kappa shape index (κ2) is 6.89. The van der Waals surface area contributed by atoms with Gasteiger partial charge in [-0.2, -0.15) is 13.2 Å². The highest BCUT2D eigenvalue weighted by molar-refractivity contribution is 5.79. The zero-order valence-electron chi connectivity index (χ0n) is 12.6. The summed E-state index contributed by atoms with van der Waals surface area (Å²) in [6, 6.07) is 3.95. The quantitative estimate of drug-likeness (QED) is 0.649. The van der Waals surface area contributed by atoms with Crippen LogP contribution in [0.15, 0.2) is 23.2 Å². The highest BCUT2D eigenvalue weighted by Gasteiger charge is 2.33. The number of guanidine groups is 1. The summed E-state index contributed by atoms with van der Waals surface area (Å²) in [6.07, 6.45) is -2.03. The summed E-state index contributed by atoms with van der Waals surface area (Å²) in [6.45, 7) is 0.845. The summed E-state index contributed by atoms with van der Waals surface area (Å²) < 4.78 is 44.2. The van der Waals surface area contributed by atoms with Crippen molar-refractivity contribution in [2.24, 2.45) is 10.9 Å². The molecule has 0 saturated heterocycles. The summed E-state index contributed by atoms with van der Waals surface area (Å²) in [5, 5.41) is 6.03. The number of hydrogen-bond acceptors (Lipinski definition) is 2. The number of methoxy groups -OCH3 is 1. The Morgan fingerprint density at radius 3 is 2.59 bits per heavy atom. The van der Waals surface area contributed by atoms with Gasteiger partial charge in [0.1, 0.15) is 5.75 Å². The molecular formula is C15H20F3N3O. The monoisotopic (exact) mass is 315 g/mol. The highest BCUT2D eigenvalue weighted by Crippen LogP contribution is 2.34. The third-order valence-corrected chi connectivity index (χ3v) is 3.55. The number of nitrogens with zero attached hydrogens (tertiary/aromatic N) is 1. The van der Waals surface area contributed by atoms with E-state index in [1.807, 2.05) is 0 Å². The Balaban J connectivity index is 2.04. The lowest BCUT2D eigenvalue weighted by molar-refractivity contribution is -0.138. The third kappa shape index (κ3) is 4.54. The molecule has 0 heterocycles. The fraction of sp³-hybridized carbons (Fsp3) is 0.533. The molecule has 122 valence electrons. The van der Waals surface area contributed by atoms with Crippen LogP contribution in [0.1, 0.15) is 24.0 Å². The number of rotatable bonds is 5.